The number of anilines is 1. The van der Waals surface area contributed by atoms with Gasteiger partial charge in [-0.25, -0.2) is 4.39 Å². The predicted octanol–water partition coefficient (Wildman–Crippen LogP) is 4.27. The second-order valence-corrected chi connectivity index (χ2v) is 6.29. The molecule has 0 amide bonds. The summed E-state index contributed by atoms with van der Waals surface area (Å²) in [6, 6.07) is 4.99. The zero-order chi connectivity index (χ0) is 14.6. The summed E-state index contributed by atoms with van der Waals surface area (Å²) in [5.41, 5.74) is 1.40. The van der Waals surface area contributed by atoms with Crippen molar-refractivity contribution in [1.29, 1.82) is 0 Å². The lowest BCUT2D eigenvalue weighted by molar-refractivity contribution is 0.194. The zero-order valence-corrected chi connectivity index (χ0v) is 12.6. The summed E-state index contributed by atoms with van der Waals surface area (Å²) in [5.74, 6) is 0.542. The zero-order valence-electron chi connectivity index (χ0n) is 12.6. The fourth-order valence-corrected chi connectivity index (χ4v) is 3.32. The highest BCUT2D eigenvalue weighted by Crippen LogP contribution is 2.34. The van der Waals surface area contributed by atoms with Crippen LogP contribution in [0.4, 0.5) is 10.1 Å². The first-order chi connectivity index (χ1) is 9.57. The lowest BCUT2D eigenvalue weighted by Crippen LogP contribution is -2.41. The minimum atomic E-state index is -0.288. The van der Waals surface area contributed by atoms with Gasteiger partial charge in [0.25, 0.3) is 0 Å². The molecular formula is C17H26FNO. The molecule has 0 radical (unpaired) electrons. The quantitative estimate of drug-likeness (QED) is 0.807. The van der Waals surface area contributed by atoms with Crippen molar-refractivity contribution in [3.05, 3.63) is 29.6 Å². The number of nitrogens with one attached hydrogen (secondary N) is 1. The number of aryl methyl sites for hydroxylation is 1. The van der Waals surface area contributed by atoms with Gasteiger partial charge in [0.1, 0.15) is 5.82 Å². The highest BCUT2D eigenvalue weighted by atomic mass is 19.1. The number of halogens is 1. The molecule has 1 saturated carbocycles. The molecule has 0 heterocycles. The fourth-order valence-electron chi connectivity index (χ4n) is 3.32. The minimum Gasteiger partial charge on any atom is -0.394 e. The average Bonchev–Trinajstić information content (AvgIpc) is 2.60. The van der Waals surface area contributed by atoms with Crippen molar-refractivity contribution in [3.63, 3.8) is 0 Å². The molecule has 2 N–H and O–H groups in total. The summed E-state index contributed by atoms with van der Waals surface area (Å²) in [7, 11) is 0. The van der Waals surface area contributed by atoms with Crippen LogP contribution in [0.15, 0.2) is 18.2 Å². The molecule has 1 aromatic rings. The van der Waals surface area contributed by atoms with Crippen molar-refractivity contribution in [2.24, 2.45) is 5.92 Å². The van der Waals surface area contributed by atoms with E-state index in [9.17, 15) is 9.50 Å². The predicted molar refractivity (Wildman–Crippen MR) is 81.4 cm³/mol. The molecule has 2 unspecified atom stereocenters. The molecular weight excluding hydrogens is 253 g/mol. The lowest BCUT2D eigenvalue weighted by Gasteiger charge is -2.33. The molecule has 2 rings (SSSR count). The smallest absolute Gasteiger partial charge is 0.125 e. The Morgan fingerprint density at radius 1 is 1.30 bits per heavy atom. The van der Waals surface area contributed by atoms with E-state index < -0.39 is 0 Å². The molecule has 0 saturated heterocycles. The van der Waals surface area contributed by atoms with E-state index in [4.69, 9.17) is 0 Å². The van der Waals surface area contributed by atoms with Crippen LogP contribution in [0.1, 0.15) is 51.0 Å². The van der Waals surface area contributed by atoms with Gasteiger partial charge in [-0.15, -0.1) is 0 Å². The molecule has 0 aromatic heterocycles. The van der Waals surface area contributed by atoms with Gasteiger partial charge in [0, 0.05) is 5.69 Å². The Balaban J connectivity index is 2.14. The van der Waals surface area contributed by atoms with Crippen molar-refractivity contribution in [3.8, 4) is 0 Å². The fraction of sp³-hybridized carbons (Fsp3) is 0.647. The van der Waals surface area contributed by atoms with Gasteiger partial charge < -0.3 is 10.4 Å². The van der Waals surface area contributed by atoms with Gasteiger partial charge in [-0.1, -0.05) is 26.2 Å². The van der Waals surface area contributed by atoms with Gasteiger partial charge in [0.05, 0.1) is 12.1 Å². The Bertz CT molecular complexity index is 428. The van der Waals surface area contributed by atoms with Gasteiger partial charge in [-0.05, 0) is 55.9 Å². The van der Waals surface area contributed by atoms with Crippen LogP contribution in [0.5, 0.6) is 0 Å². The standard InChI is InChI=1S/C17H26FNO/c1-3-14-5-4-7-17(12-20,8-6-14)19-16-10-13(2)9-15(18)11-16/h9-11,14,19-20H,3-8,12H2,1-2H3. The topological polar surface area (TPSA) is 32.3 Å². The van der Waals surface area contributed by atoms with Crippen molar-refractivity contribution >= 4 is 5.69 Å². The maximum Gasteiger partial charge on any atom is 0.125 e. The third-order valence-corrected chi connectivity index (χ3v) is 4.63. The maximum absolute atomic E-state index is 13.5. The van der Waals surface area contributed by atoms with Gasteiger partial charge in [0.15, 0.2) is 0 Å². The lowest BCUT2D eigenvalue weighted by atomic mass is 9.89. The van der Waals surface area contributed by atoms with Crippen LogP contribution in [0, 0.1) is 18.7 Å². The Hall–Kier alpha value is -1.09. The Kier molecular flexibility index (Phi) is 5.03. The summed E-state index contributed by atoms with van der Waals surface area (Å²) in [6.07, 6.45) is 6.62. The summed E-state index contributed by atoms with van der Waals surface area (Å²) in [5, 5.41) is 13.3. The first kappa shape index (κ1) is 15.3. The number of benzene rings is 1. The summed E-state index contributed by atoms with van der Waals surface area (Å²) >= 11 is 0. The second-order valence-electron chi connectivity index (χ2n) is 6.29. The molecule has 3 heteroatoms. The molecule has 0 spiro atoms. The van der Waals surface area contributed by atoms with Gasteiger partial charge >= 0.3 is 0 Å². The van der Waals surface area contributed by atoms with E-state index in [2.05, 4.69) is 12.2 Å². The minimum absolute atomic E-state index is 0.110. The van der Waals surface area contributed by atoms with Crippen LogP contribution in [-0.2, 0) is 0 Å². The van der Waals surface area contributed by atoms with Crippen molar-refractivity contribution < 1.29 is 9.50 Å². The molecule has 2 atom stereocenters. The molecule has 20 heavy (non-hydrogen) atoms. The van der Waals surface area contributed by atoms with Crippen LogP contribution in [-0.4, -0.2) is 17.3 Å². The first-order valence-corrected chi connectivity index (χ1v) is 7.73. The average molecular weight is 279 g/mol. The van der Waals surface area contributed by atoms with Crippen LogP contribution < -0.4 is 5.32 Å². The van der Waals surface area contributed by atoms with Crippen molar-refractivity contribution in [2.75, 3.05) is 11.9 Å². The molecule has 2 nitrogen and oxygen atoms in total. The van der Waals surface area contributed by atoms with Gasteiger partial charge in [0.2, 0.25) is 0 Å². The van der Waals surface area contributed by atoms with Gasteiger partial charge in [-0.3, -0.25) is 0 Å². The monoisotopic (exact) mass is 279 g/mol. The van der Waals surface area contributed by atoms with E-state index in [0.717, 1.165) is 42.9 Å². The van der Waals surface area contributed by atoms with Gasteiger partial charge in [-0.2, -0.15) is 0 Å². The first-order valence-electron chi connectivity index (χ1n) is 7.73. The van der Waals surface area contributed by atoms with Crippen LogP contribution >= 0.6 is 0 Å². The Morgan fingerprint density at radius 3 is 2.75 bits per heavy atom. The van der Waals surface area contributed by atoms with E-state index in [1.807, 2.05) is 13.0 Å². The van der Waals surface area contributed by atoms with E-state index in [0.29, 0.717) is 0 Å². The molecule has 1 aliphatic carbocycles. The van der Waals surface area contributed by atoms with E-state index >= 15 is 0 Å². The molecule has 0 aliphatic heterocycles. The summed E-state index contributed by atoms with van der Waals surface area (Å²) in [4.78, 5) is 0. The summed E-state index contributed by atoms with van der Waals surface area (Å²) in [6.45, 7) is 4.24. The molecule has 0 bridgehead atoms. The Morgan fingerprint density at radius 2 is 2.10 bits per heavy atom. The van der Waals surface area contributed by atoms with E-state index in [1.54, 1.807) is 0 Å². The van der Waals surface area contributed by atoms with Crippen LogP contribution in [0.25, 0.3) is 0 Å². The highest BCUT2D eigenvalue weighted by molar-refractivity contribution is 5.48. The molecule has 1 aromatic carbocycles. The van der Waals surface area contributed by atoms with E-state index in [-0.39, 0.29) is 18.0 Å². The number of hydrogen-bond acceptors (Lipinski definition) is 2. The second kappa shape index (κ2) is 6.57. The van der Waals surface area contributed by atoms with Crippen molar-refractivity contribution in [1.82, 2.24) is 0 Å². The van der Waals surface area contributed by atoms with Crippen LogP contribution in [0.2, 0.25) is 0 Å². The summed E-state index contributed by atoms with van der Waals surface area (Å²) < 4.78 is 13.5. The highest BCUT2D eigenvalue weighted by Gasteiger charge is 2.32. The SMILES string of the molecule is CCC1CCCC(CO)(Nc2cc(C)cc(F)c2)CC1. The third kappa shape index (κ3) is 3.72. The Labute approximate surface area is 121 Å². The number of aliphatic hydroxyl groups excluding tert-OH is 1. The molecule has 1 fully saturated rings. The number of aliphatic hydroxyl groups is 1. The molecule has 1 aliphatic rings. The largest absolute Gasteiger partial charge is 0.394 e. The van der Waals surface area contributed by atoms with Crippen LogP contribution in [0.3, 0.4) is 0 Å². The number of rotatable bonds is 4. The van der Waals surface area contributed by atoms with Crippen molar-refractivity contribution in [2.45, 2.75) is 57.9 Å². The normalized spacial score (nSPS) is 27.1. The molecule has 112 valence electrons. The third-order valence-electron chi connectivity index (χ3n) is 4.63. The maximum atomic E-state index is 13.5. The number of hydrogen-bond donors (Lipinski definition) is 2. The van der Waals surface area contributed by atoms with E-state index in [1.165, 1.54) is 25.0 Å².